The van der Waals surface area contributed by atoms with Gasteiger partial charge in [-0.1, -0.05) is 0 Å². The van der Waals surface area contributed by atoms with Gasteiger partial charge in [-0.3, -0.25) is 14.5 Å². The standard InChI is InChI=1S/C17H23N5O2.ClH/c1-11-15(17(24-3)21-22(11)2)20-16(23)14-7-13(9-19-10-14)6-12-4-5-18-8-12;/h7,9-10,12,18H,4-6,8H2,1-3H3,(H,20,23);1H. The first-order chi connectivity index (χ1) is 11.6. The summed E-state index contributed by atoms with van der Waals surface area (Å²) in [6, 6.07) is 1.92. The molecule has 7 nitrogen and oxygen atoms in total. The summed E-state index contributed by atoms with van der Waals surface area (Å²) >= 11 is 0. The Morgan fingerprint density at radius 2 is 2.28 bits per heavy atom. The van der Waals surface area contributed by atoms with Crippen LogP contribution in [0, 0.1) is 12.8 Å². The number of aromatic nitrogens is 3. The molecular weight excluding hydrogens is 342 g/mol. The van der Waals surface area contributed by atoms with E-state index in [1.807, 2.05) is 26.2 Å². The first-order valence-electron chi connectivity index (χ1n) is 8.12. The first kappa shape index (κ1) is 19.2. The van der Waals surface area contributed by atoms with Gasteiger partial charge in [0, 0.05) is 19.4 Å². The number of nitrogens with one attached hydrogen (secondary N) is 2. The minimum Gasteiger partial charge on any atom is -0.478 e. The number of hydrogen-bond donors (Lipinski definition) is 2. The smallest absolute Gasteiger partial charge is 0.257 e. The van der Waals surface area contributed by atoms with Gasteiger partial charge in [0.1, 0.15) is 5.69 Å². The predicted molar refractivity (Wildman–Crippen MR) is 98.6 cm³/mol. The summed E-state index contributed by atoms with van der Waals surface area (Å²) in [5.41, 5.74) is 3.06. The van der Waals surface area contributed by atoms with Gasteiger partial charge in [0.25, 0.3) is 11.8 Å². The topological polar surface area (TPSA) is 81.1 Å². The quantitative estimate of drug-likeness (QED) is 0.846. The lowest BCUT2D eigenvalue weighted by Crippen LogP contribution is -2.15. The van der Waals surface area contributed by atoms with Crippen LogP contribution >= 0.6 is 12.4 Å². The van der Waals surface area contributed by atoms with Crippen LogP contribution in [0.15, 0.2) is 18.5 Å². The maximum atomic E-state index is 12.6. The molecule has 1 saturated heterocycles. The number of halogens is 1. The van der Waals surface area contributed by atoms with E-state index < -0.39 is 0 Å². The molecule has 1 aliphatic heterocycles. The fourth-order valence-electron chi connectivity index (χ4n) is 3.00. The molecule has 2 N–H and O–H groups in total. The lowest BCUT2D eigenvalue weighted by Gasteiger charge is -2.10. The Morgan fingerprint density at radius 1 is 1.48 bits per heavy atom. The van der Waals surface area contributed by atoms with Crippen molar-refractivity contribution >= 4 is 24.0 Å². The summed E-state index contributed by atoms with van der Waals surface area (Å²) in [5, 5.41) is 10.5. The van der Waals surface area contributed by atoms with Gasteiger partial charge in [-0.05, 0) is 50.4 Å². The molecule has 136 valence electrons. The number of aryl methyl sites for hydroxylation is 1. The number of methoxy groups -OCH3 is 1. The van der Waals surface area contributed by atoms with Crippen molar-refractivity contribution in [3.63, 3.8) is 0 Å². The molecule has 2 aromatic heterocycles. The van der Waals surface area contributed by atoms with Gasteiger partial charge in [0.15, 0.2) is 0 Å². The fraction of sp³-hybridized carbons (Fsp3) is 0.471. The van der Waals surface area contributed by atoms with Crippen molar-refractivity contribution in [2.75, 3.05) is 25.5 Å². The molecule has 8 heteroatoms. The largest absolute Gasteiger partial charge is 0.478 e. The zero-order valence-corrected chi connectivity index (χ0v) is 15.5. The summed E-state index contributed by atoms with van der Waals surface area (Å²) in [4.78, 5) is 16.8. The Bertz CT molecular complexity index is 741. The van der Waals surface area contributed by atoms with Gasteiger partial charge in [0.2, 0.25) is 0 Å². The van der Waals surface area contributed by atoms with Crippen molar-refractivity contribution in [1.29, 1.82) is 0 Å². The number of hydrogen-bond acceptors (Lipinski definition) is 5. The Hall–Kier alpha value is -2.12. The number of carbonyl (C=O) groups excluding carboxylic acids is 1. The number of rotatable bonds is 5. The van der Waals surface area contributed by atoms with Crippen LogP contribution < -0.4 is 15.4 Å². The lowest BCUT2D eigenvalue weighted by atomic mass is 9.99. The van der Waals surface area contributed by atoms with Crippen molar-refractivity contribution in [2.45, 2.75) is 19.8 Å². The summed E-state index contributed by atoms with van der Waals surface area (Å²) in [7, 11) is 3.35. The second-order valence-corrected chi connectivity index (χ2v) is 6.19. The number of anilines is 1. The monoisotopic (exact) mass is 365 g/mol. The molecule has 0 radical (unpaired) electrons. The van der Waals surface area contributed by atoms with Crippen LogP contribution in [0.5, 0.6) is 5.88 Å². The van der Waals surface area contributed by atoms with Gasteiger partial charge in [-0.15, -0.1) is 17.5 Å². The van der Waals surface area contributed by atoms with E-state index in [-0.39, 0.29) is 18.3 Å². The van der Waals surface area contributed by atoms with Crippen molar-refractivity contribution in [1.82, 2.24) is 20.1 Å². The Kier molecular flexibility index (Phi) is 6.39. The maximum absolute atomic E-state index is 12.6. The van der Waals surface area contributed by atoms with E-state index in [1.165, 1.54) is 13.5 Å². The molecule has 2 aromatic rings. The van der Waals surface area contributed by atoms with E-state index in [2.05, 4.69) is 20.7 Å². The average Bonchev–Trinajstić information content (AvgIpc) is 3.18. The molecule has 0 aromatic carbocycles. The molecule has 1 aliphatic rings. The molecule has 1 fully saturated rings. The van der Waals surface area contributed by atoms with Crippen LogP contribution in [0.3, 0.4) is 0 Å². The fourth-order valence-corrected chi connectivity index (χ4v) is 3.00. The minimum atomic E-state index is -0.205. The van der Waals surface area contributed by atoms with E-state index in [0.717, 1.165) is 30.8 Å². The molecule has 1 amide bonds. The second-order valence-electron chi connectivity index (χ2n) is 6.19. The maximum Gasteiger partial charge on any atom is 0.257 e. The lowest BCUT2D eigenvalue weighted by molar-refractivity contribution is 0.102. The zero-order chi connectivity index (χ0) is 17.1. The second kappa shape index (κ2) is 8.31. The predicted octanol–water partition coefficient (Wildman–Crippen LogP) is 1.96. The highest BCUT2D eigenvalue weighted by Gasteiger charge is 2.19. The number of carbonyl (C=O) groups is 1. The van der Waals surface area contributed by atoms with Crippen LogP contribution in [0.4, 0.5) is 5.69 Å². The molecule has 1 unspecified atom stereocenters. The van der Waals surface area contributed by atoms with Crippen molar-refractivity contribution in [3.05, 3.63) is 35.3 Å². The van der Waals surface area contributed by atoms with Crippen LogP contribution in [0.1, 0.15) is 28.0 Å². The Labute approximate surface area is 153 Å². The summed E-state index contributed by atoms with van der Waals surface area (Å²) in [6.07, 6.45) is 5.54. The highest BCUT2D eigenvalue weighted by Crippen LogP contribution is 2.27. The highest BCUT2D eigenvalue weighted by atomic mass is 35.5. The molecule has 0 aliphatic carbocycles. The molecule has 3 heterocycles. The van der Waals surface area contributed by atoms with Gasteiger partial charge in [0.05, 0.1) is 18.4 Å². The molecule has 1 atom stereocenters. The molecular formula is C17H24ClN5O2. The number of pyridine rings is 1. The van der Waals surface area contributed by atoms with Gasteiger partial charge in [-0.2, -0.15) is 0 Å². The summed E-state index contributed by atoms with van der Waals surface area (Å²) in [6.45, 7) is 3.98. The third-order valence-electron chi connectivity index (χ3n) is 4.48. The number of ether oxygens (including phenoxy) is 1. The van der Waals surface area contributed by atoms with E-state index in [1.54, 1.807) is 10.9 Å². The molecule has 0 saturated carbocycles. The highest BCUT2D eigenvalue weighted by molar-refractivity contribution is 6.05. The van der Waals surface area contributed by atoms with Crippen LogP contribution in [-0.4, -0.2) is 40.9 Å². The third-order valence-corrected chi connectivity index (χ3v) is 4.48. The minimum absolute atomic E-state index is 0. The third kappa shape index (κ3) is 4.29. The SMILES string of the molecule is COc1nn(C)c(C)c1NC(=O)c1cncc(CC2CCNC2)c1.Cl. The molecule has 3 rings (SSSR count). The average molecular weight is 366 g/mol. The van der Waals surface area contributed by atoms with Crippen LogP contribution in [0.2, 0.25) is 0 Å². The van der Waals surface area contributed by atoms with Gasteiger partial charge >= 0.3 is 0 Å². The van der Waals surface area contributed by atoms with Crippen molar-refractivity contribution in [2.24, 2.45) is 13.0 Å². The van der Waals surface area contributed by atoms with Crippen LogP contribution in [-0.2, 0) is 13.5 Å². The van der Waals surface area contributed by atoms with Gasteiger partial charge in [-0.25, -0.2) is 0 Å². The summed E-state index contributed by atoms with van der Waals surface area (Å²) in [5.74, 6) is 0.818. The van der Waals surface area contributed by atoms with Gasteiger partial charge < -0.3 is 15.4 Å². The van der Waals surface area contributed by atoms with E-state index in [0.29, 0.717) is 23.0 Å². The Balaban J connectivity index is 0.00000225. The normalized spacial score (nSPS) is 16.4. The van der Waals surface area contributed by atoms with E-state index in [9.17, 15) is 4.79 Å². The van der Waals surface area contributed by atoms with E-state index >= 15 is 0 Å². The number of nitrogens with zero attached hydrogens (tertiary/aromatic N) is 3. The number of amides is 1. The summed E-state index contributed by atoms with van der Waals surface area (Å²) < 4.78 is 6.90. The Morgan fingerprint density at radius 3 is 2.96 bits per heavy atom. The van der Waals surface area contributed by atoms with Crippen molar-refractivity contribution < 1.29 is 9.53 Å². The zero-order valence-electron chi connectivity index (χ0n) is 14.7. The first-order valence-corrected chi connectivity index (χ1v) is 8.12. The van der Waals surface area contributed by atoms with E-state index in [4.69, 9.17) is 4.74 Å². The molecule has 0 bridgehead atoms. The molecule has 0 spiro atoms. The molecule has 25 heavy (non-hydrogen) atoms. The van der Waals surface area contributed by atoms with Crippen molar-refractivity contribution in [3.8, 4) is 5.88 Å². The van der Waals surface area contributed by atoms with Crippen LogP contribution in [0.25, 0.3) is 0 Å².